The fraction of sp³-hybridized carbons (Fsp3) is 0.250. The number of nitrogens with zero attached hydrogens (tertiary/aromatic N) is 1. The summed E-state index contributed by atoms with van der Waals surface area (Å²) >= 11 is 0. The zero-order valence-corrected chi connectivity index (χ0v) is 14.4. The number of aryl methyl sites for hydroxylation is 1. The summed E-state index contributed by atoms with van der Waals surface area (Å²) in [5.41, 5.74) is 5.01. The number of H-pyrrole nitrogens is 1. The fourth-order valence-electron chi connectivity index (χ4n) is 3.40. The Bertz CT molecular complexity index is 1090. The van der Waals surface area contributed by atoms with E-state index in [2.05, 4.69) is 41.5 Å². The molecule has 2 heterocycles. The van der Waals surface area contributed by atoms with Gasteiger partial charge in [-0.3, -0.25) is 4.57 Å². The molecule has 0 aliphatic rings. The number of aromatic amines is 1. The van der Waals surface area contributed by atoms with Crippen LogP contribution in [0.25, 0.3) is 22.0 Å². The topological polar surface area (TPSA) is 63.0 Å². The molecule has 2 N–H and O–H groups in total. The van der Waals surface area contributed by atoms with Gasteiger partial charge in [-0.15, -0.1) is 0 Å². The van der Waals surface area contributed by atoms with Gasteiger partial charge < -0.3 is 14.7 Å². The van der Waals surface area contributed by atoms with Crippen molar-refractivity contribution in [3.05, 3.63) is 70.3 Å². The predicted molar refractivity (Wildman–Crippen MR) is 99.6 cm³/mol. The molecule has 2 aromatic carbocycles. The first-order chi connectivity index (χ1) is 12.2. The molecule has 5 heteroatoms. The third-order valence-electron chi connectivity index (χ3n) is 4.81. The molecule has 4 rings (SSSR count). The van der Waals surface area contributed by atoms with Crippen LogP contribution in [-0.2, 0) is 13.6 Å². The zero-order valence-electron chi connectivity index (χ0n) is 14.4. The highest BCUT2D eigenvalue weighted by Gasteiger charge is 2.13. The summed E-state index contributed by atoms with van der Waals surface area (Å²) in [6, 6.07) is 14.6. The van der Waals surface area contributed by atoms with Crippen molar-refractivity contribution in [3.8, 4) is 0 Å². The number of nitrogens with one attached hydrogen (secondary N) is 2. The van der Waals surface area contributed by atoms with Crippen LogP contribution >= 0.6 is 0 Å². The number of hydrogen-bond donors (Lipinski definition) is 2. The van der Waals surface area contributed by atoms with Crippen LogP contribution in [-0.4, -0.2) is 9.55 Å². The van der Waals surface area contributed by atoms with Crippen LogP contribution in [0, 0.1) is 0 Å². The molecule has 0 spiro atoms. The summed E-state index contributed by atoms with van der Waals surface area (Å²) in [7, 11) is 1.72. The standard InChI is InChI=1S/C20H21N3O2/c1-3-16(15-6-4-5-14-9-10-21-19(14)15)22-12-13-7-8-17-18(11-13)25-20(24)23(17)2/h4-11,16,21-22H,3,12H2,1-2H3. The minimum absolute atomic E-state index is 0.251. The van der Waals surface area contributed by atoms with Crippen molar-refractivity contribution in [2.24, 2.45) is 7.05 Å². The maximum absolute atomic E-state index is 11.6. The van der Waals surface area contributed by atoms with Gasteiger partial charge in [0, 0.05) is 25.8 Å². The van der Waals surface area contributed by atoms with Crippen molar-refractivity contribution in [3.63, 3.8) is 0 Å². The van der Waals surface area contributed by atoms with Crippen LogP contribution in [0.15, 0.2) is 57.9 Å². The number of para-hydroxylation sites is 1. The Morgan fingerprint density at radius 1 is 1.24 bits per heavy atom. The first-order valence-corrected chi connectivity index (χ1v) is 8.55. The van der Waals surface area contributed by atoms with Gasteiger partial charge in [-0.1, -0.05) is 31.2 Å². The Balaban J connectivity index is 1.58. The van der Waals surface area contributed by atoms with E-state index in [9.17, 15) is 4.79 Å². The number of oxazole rings is 1. The van der Waals surface area contributed by atoms with E-state index < -0.39 is 0 Å². The molecule has 128 valence electrons. The SMILES string of the molecule is CCC(NCc1ccc2c(c1)oc(=O)n2C)c1cccc2cc[nH]c12. The second-order valence-electron chi connectivity index (χ2n) is 6.36. The average molecular weight is 335 g/mol. The molecule has 0 aliphatic heterocycles. The lowest BCUT2D eigenvalue weighted by atomic mass is 10.0. The lowest BCUT2D eigenvalue weighted by Gasteiger charge is -2.18. The van der Waals surface area contributed by atoms with Crippen LogP contribution in [0.4, 0.5) is 0 Å². The van der Waals surface area contributed by atoms with E-state index in [4.69, 9.17) is 4.42 Å². The van der Waals surface area contributed by atoms with Crippen LogP contribution in [0.5, 0.6) is 0 Å². The van der Waals surface area contributed by atoms with Gasteiger partial charge in [-0.25, -0.2) is 4.79 Å². The molecule has 0 aliphatic carbocycles. The third kappa shape index (κ3) is 2.76. The zero-order chi connectivity index (χ0) is 17.4. The van der Waals surface area contributed by atoms with Gasteiger partial charge in [0.25, 0.3) is 0 Å². The minimum Gasteiger partial charge on any atom is -0.408 e. The molecule has 0 radical (unpaired) electrons. The lowest BCUT2D eigenvalue weighted by Crippen LogP contribution is -2.20. The van der Waals surface area contributed by atoms with Crippen molar-refractivity contribution < 1.29 is 4.42 Å². The summed E-state index contributed by atoms with van der Waals surface area (Å²) in [4.78, 5) is 15.0. The van der Waals surface area contributed by atoms with Gasteiger partial charge in [0.2, 0.25) is 0 Å². The van der Waals surface area contributed by atoms with Crippen molar-refractivity contribution in [2.75, 3.05) is 0 Å². The van der Waals surface area contributed by atoms with E-state index in [-0.39, 0.29) is 11.8 Å². The second kappa shape index (κ2) is 6.26. The first-order valence-electron chi connectivity index (χ1n) is 8.55. The maximum atomic E-state index is 11.6. The number of benzene rings is 2. The van der Waals surface area contributed by atoms with E-state index in [1.165, 1.54) is 21.0 Å². The Kier molecular flexibility index (Phi) is 3.93. The largest absolute Gasteiger partial charge is 0.419 e. The average Bonchev–Trinajstić information content (AvgIpc) is 3.21. The van der Waals surface area contributed by atoms with Crippen molar-refractivity contribution in [1.82, 2.24) is 14.9 Å². The van der Waals surface area contributed by atoms with Crippen LogP contribution in [0.3, 0.4) is 0 Å². The van der Waals surface area contributed by atoms with Gasteiger partial charge in [-0.2, -0.15) is 0 Å². The normalized spacial score (nSPS) is 12.9. The fourth-order valence-corrected chi connectivity index (χ4v) is 3.40. The smallest absolute Gasteiger partial charge is 0.408 e. The number of fused-ring (bicyclic) bond motifs is 2. The molecule has 1 unspecified atom stereocenters. The highest BCUT2D eigenvalue weighted by molar-refractivity contribution is 5.83. The molecular weight excluding hydrogens is 314 g/mol. The summed E-state index contributed by atoms with van der Waals surface area (Å²) in [6.07, 6.45) is 2.97. The Labute approximate surface area is 145 Å². The minimum atomic E-state index is -0.329. The Morgan fingerprint density at radius 3 is 2.96 bits per heavy atom. The number of hydrogen-bond acceptors (Lipinski definition) is 3. The van der Waals surface area contributed by atoms with E-state index in [0.717, 1.165) is 17.5 Å². The van der Waals surface area contributed by atoms with E-state index in [1.54, 1.807) is 7.05 Å². The molecule has 0 amide bonds. The Hall–Kier alpha value is -2.79. The number of rotatable bonds is 5. The Morgan fingerprint density at radius 2 is 2.12 bits per heavy atom. The molecule has 5 nitrogen and oxygen atoms in total. The summed E-state index contributed by atoms with van der Waals surface area (Å²) < 4.78 is 6.80. The van der Waals surface area contributed by atoms with Crippen LogP contribution in [0.1, 0.15) is 30.5 Å². The van der Waals surface area contributed by atoms with Gasteiger partial charge in [0.1, 0.15) is 0 Å². The molecule has 1 atom stereocenters. The highest BCUT2D eigenvalue weighted by Crippen LogP contribution is 2.25. The first kappa shape index (κ1) is 15.7. The maximum Gasteiger partial charge on any atom is 0.419 e. The molecular formula is C20H21N3O2. The second-order valence-corrected chi connectivity index (χ2v) is 6.36. The van der Waals surface area contributed by atoms with Gasteiger partial charge in [0.05, 0.1) is 11.0 Å². The molecule has 25 heavy (non-hydrogen) atoms. The van der Waals surface area contributed by atoms with Gasteiger partial charge in [-0.05, 0) is 41.1 Å². The van der Waals surface area contributed by atoms with Crippen molar-refractivity contribution in [1.29, 1.82) is 0 Å². The molecule has 4 aromatic rings. The molecule has 0 saturated heterocycles. The molecule has 0 saturated carbocycles. The van der Waals surface area contributed by atoms with Crippen LogP contribution < -0.4 is 11.1 Å². The summed E-state index contributed by atoms with van der Waals surface area (Å²) in [5, 5.41) is 4.85. The van der Waals surface area contributed by atoms with Crippen molar-refractivity contribution in [2.45, 2.75) is 25.9 Å². The quantitative estimate of drug-likeness (QED) is 0.582. The van der Waals surface area contributed by atoms with E-state index >= 15 is 0 Å². The molecule has 0 fully saturated rings. The van der Waals surface area contributed by atoms with Crippen molar-refractivity contribution >= 4 is 22.0 Å². The van der Waals surface area contributed by atoms with Crippen LogP contribution in [0.2, 0.25) is 0 Å². The van der Waals surface area contributed by atoms with E-state index in [1.807, 2.05) is 24.4 Å². The third-order valence-corrected chi connectivity index (χ3v) is 4.81. The van der Waals surface area contributed by atoms with Gasteiger partial charge in [0.15, 0.2) is 5.58 Å². The van der Waals surface area contributed by atoms with Gasteiger partial charge >= 0.3 is 5.76 Å². The molecule has 2 aromatic heterocycles. The number of aromatic nitrogens is 2. The highest BCUT2D eigenvalue weighted by atomic mass is 16.4. The molecule has 0 bridgehead atoms. The lowest BCUT2D eigenvalue weighted by molar-refractivity contribution is 0.518. The summed E-state index contributed by atoms with van der Waals surface area (Å²) in [6.45, 7) is 2.89. The van der Waals surface area contributed by atoms with E-state index in [0.29, 0.717) is 12.1 Å². The predicted octanol–water partition coefficient (Wildman–Crippen LogP) is 3.85. The summed E-state index contributed by atoms with van der Waals surface area (Å²) in [5.74, 6) is -0.329. The monoisotopic (exact) mass is 335 g/mol.